The van der Waals surface area contributed by atoms with Crippen molar-refractivity contribution in [3.63, 3.8) is 0 Å². The maximum absolute atomic E-state index is 15.2. The van der Waals surface area contributed by atoms with Gasteiger partial charge in [0.1, 0.15) is 5.75 Å². The lowest BCUT2D eigenvalue weighted by atomic mass is 9.82. The molecule has 0 saturated carbocycles. The van der Waals surface area contributed by atoms with Crippen molar-refractivity contribution in [2.45, 2.75) is 96.3 Å². The van der Waals surface area contributed by atoms with E-state index in [0.29, 0.717) is 47.9 Å². The van der Waals surface area contributed by atoms with E-state index in [0.717, 1.165) is 29.5 Å². The molecular formula is C44H53N3O7Si. The van der Waals surface area contributed by atoms with E-state index >= 15 is 4.79 Å². The molecule has 10 nitrogen and oxygen atoms in total. The SMILES string of the molecule is CC(C)=CCC/C(C)=C/CN1C(=O)[C@@]2(O[C@@H](CC(=O)N3Cc4ccccc4C[C@H]3CO)[C@H]([Si](C)(C)O)[C@H]2C)c2cc(N3C(=O)COc4ccccc43)ccc21. The summed E-state index contributed by atoms with van der Waals surface area (Å²) < 4.78 is 12.8. The molecule has 3 amide bonds. The summed E-state index contributed by atoms with van der Waals surface area (Å²) >= 11 is 0. The van der Waals surface area contributed by atoms with Crippen LogP contribution in [0.15, 0.2) is 90.0 Å². The van der Waals surface area contributed by atoms with Crippen molar-refractivity contribution in [2.75, 3.05) is 29.6 Å². The highest BCUT2D eigenvalue weighted by atomic mass is 28.4. The minimum Gasteiger partial charge on any atom is -0.482 e. The molecule has 3 aromatic rings. The Kier molecular flexibility index (Phi) is 10.7. The number of rotatable bonds is 10. The van der Waals surface area contributed by atoms with Gasteiger partial charge in [0, 0.05) is 35.8 Å². The quantitative estimate of drug-likeness (QED) is 0.170. The number of aliphatic hydroxyl groups is 1. The van der Waals surface area contributed by atoms with Gasteiger partial charge in [0.15, 0.2) is 20.5 Å². The van der Waals surface area contributed by atoms with Crippen LogP contribution in [0, 0.1) is 5.92 Å². The zero-order chi connectivity index (χ0) is 39.2. The molecule has 5 atom stereocenters. The predicted octanol–water partition coefficient (Wildman–Crippen LogP) is 6.92. The molecule has 11 heteroatoms. The van der Waals surface area contributed by atoms with Crippen LogP contribution in [0.2, 0.25) is 18.6 Å². The van der Waals surface area contributed by atoms with Gasteiger partial charge in [-0.3, -0.25) is 19.3 Å². The zero-order valence-corrected chi connectivity index (χ0v) is 33.7. The Morgan fingerprint density at radius 1 is 0.982 bits per heavy atom. The topological polar surface area (TPSA) is 120 Å². The number of nitrogens with zero attached hydrogens (tertiary/aromatic N) is 3. The minimum absolute atomic E-state index is 0.0482. The molecule has 4 aliphatic heterocycles. The Labute approximate surface area is 325 Å². The second kappa shape index (κ2) is 15.2. The highest BCUT2D eigenvalue weighted by Gasteiger charge is 2.66. The van der Waals surface area contributed by atoms with Gasteiger partial charge in [-0.15, -0.1) is 0 Å². The molecule has 3 aromatic carbocycles. The molecule has 0 aliphatic carbocycles. The number of hydrogen-bond acceptors (Lipinski definition) is 7. The third kappa shape index (κ3) is 7.07. The van der Waals surface area contributed by atoms with Gasteiger partial charge < -0.3 is 29.2 Å². The summed E-state index contributed by atoms with van der Waals surface area (Å²) in [5.74, 6) is -0.590. The van der Waals surface area contributed by atoms with Crippen LogP contribution in [0.25, 0.3) is 0 Å². The van der Waals surface area contributed by atoms with Crippen molar-refractivity contribution in [1.82, 2.24) is 4.90 Å². The molecule has 4 aliphatic rings. The lowest BCUT2D eigenvalue weighted by Gasteiger charge is -2.37. The van der Waals surface area contributed by atoms with Crippen LogP contribution in [-0.2, 0) is 37.7 Å². The molecule has 0 aromatic heterocycles. The maximum atomic E-state index is 15.2. The van der Waals surface area contributed by atoms with Crippen molar-refractivity contribution in [2.24, 2.45) is 5.92 Å². The summed E-state index contributed by atoms with van der Waals surface area (Å²) in [6, 6.07) is 20.6. The normalized spacial score (nSPS) is 24.8. The van der Waals surface area contributed by atoms with Crippen LogP contribution in [0.5, 0.6) is 5.75 Å². The number of carbonyl (C=O) groups excluding carboxylic acids is 3. The van der Waals surface area contributed by atoms with E-state index in [1.54, 1.807) is 14.7 Å². The Morgan fingerprint density at radius 3 is 2.44 bits per heavy atom. The van der Waals surface area contributed by atoms with E-state index in [1.807, 2.05) is 86.7 Å². The van der Waals surface area contributed by atoms with Gasteiger partial charge in [0.25, 0.3) is 11.8 Å². The molecular weight excluding hydrogens is 711 g/mol. The minimum atomic E-state index is -3.10. The lowest BCUT2D eigenvalue weighted by Crippen LogP contribution is -2.48. The lowest BCUT2D eigenvalue weighted by molar-refractivity contribution is -0.150. The molecule has 4 heterocycles. The summed E-state index contributed by atoms with van der Waals surface area (Å²) in [7, 11) is -3.10. The van der Waals surface area contributed by atoms with E-state index in [2.05, 4.69) is 32.9 Å². The third-order valence-corrected chi connectivity index (χ3v) is 14.4. The van der Waals surface area contributed by atoms with Crippen molar-refractivity contribution >= 4 is 43.1 Å². The number of para-hydroxylation sites is 2. The molecule has 7 rings (SSSR count). The maximum Gasteiger partial charge on any atom is 0.269 e. The fourth-order valence-corrected chi connectivity index (χ4v) is 11.8. The number of allylic oxidation sites excluding steroid dienone is 3. The monoisotopic (exact) mass is 763 g/mol. The Morgan fingerprint density at radius 2 is 1.71 bits per heavy atom. The van der Waals surface area contributed by atoms with E-state index in [1.165, 1.54) is 5.57 Å². The van der Waals surface area contributed by atoms with Crippen molar-refractivity contribution in [1.29, 1.82) is 0 Å². The molecule has 55 heavy (non-hydrogen) atoms. The highest BCUT2D eigenvalue weighted by molar-refractivity contribution is 6.71. The Hall–Kier alpha value is -4.55. The number of fused-ring (bicyclic) bond motifs is 4. The van der Waals surface area contributed by atoms with E-state index in [9.17, 15) is 19.5 Å². The molecule has 1 fully saturated rings. The van der Waals surface area contributed by atoms with Crippen LogP contribution >= 0.6 is 0 Å². The van der Waals surface area contributed by atoms with Crippen molar-refractivity contribution in [3.05, 3.63) is 107 Å². The average Bonchev–Trinajstić information content (AvgIpc) is 3.58. The van der Waals surface area contributed by atoms with Gasteiger partial charge in [-0.25, -0.2) is 0 Å². The largest absolute Gasteiger partial charge is 0.482 e. The summed E-state index contributed by atoms with van der Waals surface area (Å²) in [6.07, 6.45) is 5.79. The summed E-state index contributed by atoms with van der Waals surface area (Å²) in [6.45, 7) is 12.3. The number of amides is 3. The second-order valence-corrected chi connectivity index (χ2v) is 20.3. The van der Waals surface area contributed by atoms with Crippen LogP contribution in [-0.4, -0.2) is 72.7 Å². The molecule has 0 radical (unpaired) electrons. The van der Waals surface area contributed by atoms with Crippen LogP contribution in [0.1, 0.15) is 63.6 Å². The van der Waals surface area contributed by atoms with E-state index < -0.39 is 31.5 Å². The van der Waals surface area contributed by atoms with Crippen molar-refractivity contribution < 1.29 is 33.8 Å². The molecule has 0 unspecified atom stereocenters. The van der Waals surface area contributed by atoms with Gasteiger partial charge in [-0.05, 0) is 94.6 Å². The molecule has 0 bridgehead atoms. The number of ether oxygens (including phenoxy) is 2. The first-order valence-electron chi connectivity index (χ1n) is 19.4. The number of carbonyl (C=O) groups is 3. The Bertz CT molecular complexity index is 2050. The first-order valence-corrected chi connectivity index (χ1v) is 22.4. The highest BCUT2D eigenvalue weighted by Crippen LogP contribution is 2.60. The summed E-state index contributed by atoms with van der Waals surface area (Å²) in [5.41, 5.74) is 5.06. The van der Waals surface area contributed by atoms with Gasteiger partial charge in [0.2, 0.25) is 5.91 Å². The smallest absolute Gasteiger partial charge is 0.269 e. The van der Waals surface area contributed by atoms with Crippen LogP contribution < -0.4 is 14.5 Å². The summed E-state index contributed by atoms with van der Waals surface area (Å²) in [4.78, 5) is 60.0. The first-order chi connectivity index (χ1) is 26.2. The molecule has 1 spiro atoms. The van der Waals surface area contributed by atoms with E-state index in [-0.39, 0.29) is 43.4 Å². The second-order valence-electron chi connectivity index (χ2n) is 16.4. The standard InChI is InChI=1S/C44H53N3O7Si/c1-28(2)12-11-13-29(3)20-21-45-36-19-18-33(47-37-16-9-10-17-38(37)53-27-41(47)50)23-35(36)44(43(45)51)30(4)42(55(5,6)52)39(54-44)24-40(49)46-25-32-15-8-7-14-31(32)22-34(46)26-48/h7-10,12,14-20,23,30,34,39,42,48,52H,11,13,21-22,24-27H2,1-6H3/b29-20+/t30-,34+,39+,42-,44+/m1/s1. The number of anilines is 3. The third-order valence-electron chi connectivity index (χ3n) is 11.9. The predicted molar refractivity (Wildman–Crippen MR) is 216 cm³/mol. The fraction of sp³-hybridized carbons (Fsp3) is 0.432. The number of hydrogen-bond donors (Lipinski definition) is 2. The molecule has 290 valence electrons. The van der Waals surface area contributed by atoms with E-state index in [4.69, 9.17) is 9.47 Å². The van der Waals surface area contributed by atoms with Gasteiger partial charge in [-0.2, -0.15) is 0 Å². The summed E-state index contributed by atoms with van der Waals surface area (Å²) in [5, 5.41) is 10.4. The van der Waals surface area contributed by atoms with Gasteiger partial charge in [-0.1, -0.05) is 66.6 Å². The van der Waals surface area contributed by atoms with Crippen molar-refractivity contribution in [3.8, 4) is 5.75 Å². The zero-order valence-electron chi connectivity index (χ0n) is 32.7. The molecule has 1 saturated heterocycles. The fourth-order valence-electron chi connectivity index (χ4n) is 9.24. The Balaban J connectivity index is 1.29. The number of aliphatic hydroxyl groups excluding tert-OH is 1. The van der Waals surface area contributed by atoms with Crippen LogP contribution in [0.4, 0.5) is 17.1 Å². The van der Waals surface area contributed by atoms with Gasteiger partial charge in [0.05, 0.1) is 36.5 Å². The van der Waals surface area contributed by atoms with Gasteiger partial charge >= 0.3 is 0 Å². The first kappa shape index (κ1) is 38.7. The van der Waals surface area contributed by atoms with Crippen LogP contribution in [0.3, 0.4) is 0 Å². The number of benzene rings is 3. The average molecular weight is 764 g/mol. The molecule has 2 N–H and O–H groups in total.